The molecule has 0 aliphatic carbocycles. The van der Waals surface area contributed by atoms with Gasteiger partial charge in [0, 0.05) is 22.9 Å². The molecule has 0 radical (unpaired) electrons. The number of carboxylic acid groups (broad SMARTS) is 1. The Balaban J connectivity index is 2.15. The number of nitrogens with one attached hydrogen (secondary N) is 2. The Morgan fingerprint density at radius 1 is 1.18 bits per heavy atom. The van der Waals surface area contributed by atoms with E-state index in [0.717, 1.165) is 16.5 Å². The third kappa shape index (κ3) is 6.50. The van der Waals surface area contributed by atoms with Crippen LogP contribution >= 0.6 is 11.8 Å². The van der Waals surface area contributed by atoms with E-state index in [1.54, 1.807) is 20.1 Å². The SMILES string of the molecule is COc1ccc2c(C)c(CCC(=O)N[C@@H](CCSC)C(=O)N[C@H](C)C(=O)O)c(=O)oc2c1C. The summed E-state index contributed by atoms with van der Waals surface area (Å²) in [5.41, 5.74) is 1.78. The number of methoxy groups -OCH3 is 1. The molecule has 180 valence electrons. The van der Waals surface area contributed by atoms with Crippen molar-refractivity contribution < 1.29 is 28.6 Å². The molecule has 0 aliphatic rings. The van der Waals surface area contributed by atoms with E-state index in [1.807, 2.05) is 19.2 Å². The molecule has 2 rings (SSSR count). The Morgan fingerprint density at radius 2 is 1.88 bits per heavy atom. The van der Waals surface area contributed by atoms with Crippen molar-refractivity contribution in [3.63, 3.8) is 0 Å². The number of thioether (sulfide) groups is 1. The van der Waals surface area contributed by atoms with Gasteiger partial charge in [0.2, 0.25) is 11.8 Å². The number of rotatable bonds is 11. The zero-order valence-electron chi connectivity index (χ0n) is 19.4. The highest BCUT2D eigenvalue weighted by atomic mass is 32.2. The Bertz CT molecular complexity index is 1100. The number of aliphatic carboxylic acids is 1. The summed E-state index contributed by atoms with van der Waals surface area (Å²) < 4.78 is 10.8. The number of carbonyl (C=O) groups excluding carboxylic acids is 2. The largest absolute Gasteiger partial charge is 0.496 e. The third-order valence-corrected chi connectivity index (χ3v) is 6.11. The molecular weight excluding hydrogens is 448 g/mol. The Morgan fingerprint density at radius 3 is 2.48 bits per heavy atom. The molecule has 0 spiro atoms. The molecule has 9 nitrogen and oxygen atoms in total. The zero-order valence-corrected chi connectivity index (χ0v) is 20.3. The van der Waals surface area contributed by atoms with Crippen LogP contribution in [0.1, 0.15) is 36.5 Å². The fraction of sp³-hybridized carbons (Fsp3) is 0.478. The van der Waals surface area contributed by atoms with Crippen LogP contribution in [0, 0.1) is 13.8 Å². The predicted molar refractivity (Wildman–Crippen MR) is 127 cm³/mol. The van der Waals surface area contributed by atoms with Crippen LogP contribution in [0.3, 0.4) is 0 Å². The average molecular weight is 479 g/mol. The molecule has 0 aliphatic heterocycles. The summed E-state index contributed by atoms with van der Waals surface area (Å²) >= 11 is 1.51. The molecule has 0 unspecified atom stereocenters. The van der Waals surface area contributed by atoms with Gasteiger partial charge in [0.05, 0.1) is 7.11 Å². The number of carboxylic acids is 1. The Hall–Kier alpha value is -3.01. The van der Waals surface area contributed by atoms with Gasteiger partial charge in [-0.25, -0.2) is 4.79 Å². The summed E-state index contributed by atoms with van der Waals surface area (Å²) in [4.78, 5) is 48.6. The highest BCUT2D eigenvalue weighted by Crippen LogP contribution is 2.29. The molecule has 0 saturated carbocycles. The van der Waals surface area contributed by atoms with Crippen molar-refractivity contribution in [2.75, 3.05) is 19.1 Å². The second kappa shape index (κ2) is 11.7. The normalized spacial score (nSPS) is 12.8. The van der Waals surface area contributed by atoms with Crippen LogP contribution < -0.4 is 21.0 Å². The molecule has 1 aromatic carbocycles. The van der Waals surface area contributed by atoms with Gasteiger partial charge in [-0.15, -0.1) is 0 Å². The number of amides is 2. The summed E-state index contributed by atoms with van der Waals surface area (Å²) in [5.74, 6) is -0.911. The van der Waals surface area contributed by atoms with Gasteiger partial charge in [0.15, 0.2) is 0 Å². The molecule has 0 saturated heterocycles. The maximum atomic E-state index is 12.6. The lowest BCUT2D eigenvalue weighted by molar-refractivity contribution is -0.141. The molecule has 0 bridgehead atoms. The predicted octanol–water partition coefficient (Wildman–Crippen LogP) is 2.18. The molecule has 2 atom stereocenters. The second-order valence-corrected chi connectivity index (χ2v) is 8.72. The van der Waals surface area contributed by atoms with Crippen molar-refractivity contribution in [1.29, 1.82) is 0 Å². The summed E-state index contributed by atoms with van der Waals surface area (Å²) in [5, 5.41) is 14.8. The number of hydrogen-bond acceptors (Lipinski definition) is 7. The van der Waals surface area contributed by atoms with Gasteiger partial charge < -0.3 is 24.9 Å². The van der Waals surface area contributed by atoms with Crippen LogP contribution in [0.4, 0.5) is 0 Å². The van der Waals surface area contributed by atoms with E-state index in [-0.39, 0.29) is 12.8 Å². The van der Waals surface area contributed by atoms with Crippen LogP contribution in [0.25, 0.3) is 11.0 Å². The van der Waals surface area contributed by atoms with Crippen molar-refractivity contribution >= 4 is 40.5 Å². The van der Waals surface area contributed by atoms with Crippen molar-refractivity contribution in [1.82, 2.24) is 10.6 Å². The minimum absolute atomic E-state index is 0.0240. The molecule has 33 heavy (non-hydrogen) atoms. The fourth-order valence-electron chi connectivity index (χ4n) is 3.47. The van der Waals surface area contributed by atoms with Crippen LogP contribution in [-0.2, 0) is 20.8 Å². The lowest BCUT2D eigenvalue weighted by Crippen LogP contribution is -2.51. The minimum Gasteiger partial charge on any atom is -0.496 e. The van der Waals surface area contributed by atoms with Gasteiger partial charge in [0.25, 0.3) is 0 Å². The van der Waals surface area contributed by atoms with Gasteiger partial charge in [-0.3, -0.25) is 14.4 Å². The third-order valence-electron chi connectivity index (χ3n) is 5.47. The van der Waals surface area contributed by atoms with E-state index >= 15 is 0 Å². The van der Waals surface area contributed by atoms with E-state index < -0.39 is 35.5 Å². The molecule has 1 heterocycles. The first-order valence-electron chi connectivity index (χ1n) is 10.5. The number of fused-ring (bicyclic) bond motifs is 1. The van der Waals surface area contributed by atoms with Gasteiger partial charge in [-0.2, -0.15) is 11.8 Å². The topological polar surface area (TPSA) is 135 Å². The van der Waals surface area contributed by atoms with Crippen LogP contribution in [0.5, 0.6) is 5.75 Å². The summed E-state index contributed by atoms with van der Waals surface area (Å²) in [6, 6.07) is 1.68. The Kier molecular flexibility index (Phi) is 9.33. The highest BCUT2D eigenvalue weighted by Gasteiger charge is 2.24. The van der Waals surface area contributed by atoms with E-state index in [2.05, 4.69) is 10.6 Å². The van der Waals surface area contributed by atoms with E-state index in [0.29, 0.717) is 29.1 Å². The molecular formula is C23H30N2O7S. The summed E-state index contributed by atoms with van der Waals surface area (Å²) in [6.45, 7) is 4.97. The van der Waals surface area contributed by atoms with Gasteiger partial charge in [-0.05, 0) is 63.3 Å². The number of benzene rings is 1. The van der Waals surface area contributed by atoms with Crippen molar-refractivity contribution in [3.8, 4) is 5.75 Å². The number of ether oxygens (including phenoxy) is 1. The standard InChI is InChI=1S/C23H30N2O7S/c1-12-15-6-8-18(31-4)13(2)20(15)32-23(30)16(12)7-9-19(26)25-17(10-11-33-5)21(27)24-14(3)22(28)29/h6,8,14,17H,7,9-11H2,1-5H3,(H,24,27)(H,25,26)(H,28,29)/t14-,17+/m1/s1. The summed E-state index contributed by atoms with van der Waals surface area (Å²) in [7, 11) is 1.54. The average Bonchev–Trinajstić information content (AvgIpc) is 2.77. The van der Waals surface area contributed by atoms with Gasteiger partial charge in [0.1, 0.15) is 23.4 Å². The maximum absolute atomic E-state index is 12.6. The molecule has 10 heteroatoms. The van der Waals surface area contributed by atoms with Crippen molar-refractivity contribution in [3.05, 3.63) is 39.2 Å². The first-order chi connectivity index (χ1) is 15.6. The Labute approximate surface area is 196 Å². The first kappa shape index (κ1) is 26.2. The van der Waals surface area contributed by atoms with Gasteiger partial charge >= 0.3 is 11.6 Å². The maximum Gasteiger partial charge on any atom is 0.339 e. The van der Waals surface area contributed by atoms with E-state index in [4.69, 9.17) is 14.3 Å². The van der Waals surface area contributed by atoms with Crippen LogP contribution in [0.2, 0.25) is 0 Å². The van der Waals surface area contributed by atoms with Crippen molar-refractivity contribution in [2.24, 2.45) is 0 Å². The number of hydrogen-bond donors (Lipinski definition) is 3. The van der Waals surface area contributed by atoms with Crippen molar-refractivity contribution in [2.45, 2.75) is 52.1 Å². The van der Waals surface area contributed by atoms with Crippen LogP contribution in [0.15, 0.2) is 21.3 Å². The van der Waals surface area contributed by atoms with E-state index in [9.17, 15) is 19.2 Å². The highest BCUT2D eigenvalue weighted by molar-refractivity contribution is 7.98. The molecule has 0 fully saturated rings. The van der Waals surface area contributed by atoms with E-state index in [1.165, 1.54) is 18.7 Å². The van der Waals surface area contributed by atoms with Crippen LogP contribution in [-0.4, -0.2) is 54.1 Å². The molecule has 3 N–H and O–H groups in total. The zero-order chi connectivity index (χ0) is 24.7. The lowest BCUT2D eigenvalue weighted by atomic mass is 10.00. The smallest absolute Gasteiger partial charge is 0.339 e. The quantitative estimate of drug-likeness (QED) is 0.418. The fourth-order valence-corrected chi connectivity index (χ4v) is 3.94. The first-order valence-corrected chi connectivity index (χ1v) is 11.9. The molecule has 2 aromatic rings. The monoisotopic (exact) mass is 478 g/mol. The minimum atomic E-state index is -1.16. The number of aryl methyl sites for hydroxylation is 2. The summed E-state index contributed by atoms with van der Waals surface area (Å²) in [6.07, 6.45) is 2.34. The number of carbonyl (C=O) groups is 3. The lowest BCUT2D eigenvalue weighted by Gasteiger charge is -2.20. The molecule has 1 aromatic heterocycles. The second-order valence-electron chi connectivity index (χ2n) is 7.73. The van der Waals surface area contributed by atoms with Gasteiger partial charge in [-0.1, -0.05) is 0 Å². The molecule has 2 amide bonds.